The molecule has 138 valence electrons. The van der Waals surface area contributed by atoms with Crippen molar-refractivity contribution in [3.63, 3.8) is 0 Å². The predicted molar refractivity (Wildman–Crippen MR) is 84.2 cm³/mol. The number of imide groups is 1. The average Bonchev–Trinajstić information content (AvgIpc) is 3.24. The van der Waals surface area contributed by atoms with Gasteiger partial charge in [-0.15, -0.1) is 0 Å². The van der Waals surface area contributed by atoms with Crippen LogP contribution < -0.4 is 5.32 Å². The number of nitrogens with zero attached hydrogens (tertiary/aromatic N) is 2. The lowest BCUT2D eigenvalue weighted by atomic mass is 9.85. The Labute approximate surface area is 151 Å². The molecule has 0 spiro atoms. The van der Waals surface area contributed by atoms with Crippen LogP contribution in [0, 0.1) is 11.8 Å². The summed E-state index contributed by atoms with van der Waals surface area (Å²) in [4.78, 5) is 29.7. The number of pyridine rings is 1. The third kappa shape index (κ3) is 2.66. The number of hydrogen-bond donors (Lipinski definition) is 1. The minimum atomic E-state index is -4.53. The van der Waals surface area contributed by atoms with Crippen molar-refractivity contribution in [3.8, 4) is 0 Å². The topological polar surface area (TPSA) is 71.5 Å². The van der Waals surface area contributed by atoms with Crippen LogP contribution in [0.25, 0.3) is 0 Å². The van der Waals surface area contributed by atoms with Crippen molar-refractivity contribution in [2.24, 2.45) is 11.8 Å². The van der Waals surface area contributed by atoms with Crippen molar-refractivity contribution in [2.45, 2.75) is 18.4 Å². The standard InChI is InChI=1S/C16H13ClF3N3O3/c17-8-5-7(16(18,19)20)6-22-13(8)21-3-4-23-14(24)11-9-1-2-10(26-9)12(11)15(23)25/h1-2,5-6,9-12H,3-4H2,(H,21,22)/t9-,10-,11+,12+/m1/s1. The molecule has 4 rings (SSSR count). The second-order valence-corrected chi connectivity index (χ2v) is 6.72. The van der Waals surface area contributed by atoms with Gasteiger partial charge in [0.1, 0.15) is 5.82 Å². The summed E-state index contributed by atoms with van der Waals surface area (Å²) in [6, 6.07) is 0.772. The molecule has 0 aromatic carbocycles. The molecule has 6 nitrogen and oxygen atoms in total. The maximum atomic E-state index is 12.6. The van der Waals surface area contributed by atoms with Crippen LogP contribution in [-0.2, 0) is 20.5 Å². The predicted octanol–water partition coefficient (Wildman–Crippen LogP) is 2.10. The Balaban J connectivity index is 1.39. The molecule has 3 aliphatic rings. The van der Waals surface area contributed by atoms with Gasteiger partial charge in [0.15, 0.2) is 0 Å². The van der Waals surface area contributed by atoms with Crippen LogP contribution in [0.4, 0.5) is 19.0 Å². The van der Waals surface area contributed by atoms with E-state index in [1.54, 1.807) is 12.2 Å². The number of halogens is 4. The number of fused-ring (bicyclic) bond motifs is 5. The first-order valence-corrected chi connectivity index (χ1v) is 8.31. The smallest absolute Gasteiger partial charge is 0.367 e. The van der Waals surface area contributed by atoms with Crippen molar-refractivity contribution in [3.05, 3.63) is 35.0 Å². The van der Waals surface area contributed by atoms with E-state index < -0.39 is 23.6 Å². The van der Waals surface area contributed by atoms with Crippen LogP contribution in [0.15, 0.2) is 24.4 Å². The number of alkyl halides is 3. The lowest BCUT2D eigenvalue weighted by Crippen LogP contribution is -2.37. The van der Waals surface area contributed by atoms with Crippen LogP contribution in [0.2, 0.25) is 5.02 Å². The maximum absolute atomic E-state index is 12.6. The van der Waals surface area contributed by atoms with Gasteiger partial charge in [-0.1, -0.05) is 23.8 Å². The molecule has 26 heavy (non-hydrogen) atoms. The molecule has 1 aromatic heterocycles. The second kappa shape index (κ2) is 5.95. The number of nitrogens with one attached hydrogen (secondary N) is 1. The van der Waals surface area contributed by atoms with Crippen molar-refractivity contribution >= 4 is 29.2 Å². The van der Waals surface area contributed by atoms with E-state index in [4.69, 9.17) is 16.3 Å². The molecule has 1 N–H and O–H groups in total. The summed E-state index contributed by atoms with van der Waals surface area (Å²) in [5, 5.41) is 2.57. The zero-order chi connectivity index (χ0) is 18.6. The molecule has 2 fully saturated rings. The Morgan fingerprint density at radius 1 is 1.19 bits per heavy atom. The van der Waals surface area contributed by atoms with Crippen LogP contribution in [0.1, 0.15) is 5.56 Å². The van der Waals surface area contributed by atoms with Gasteiger partial charge in [-0.25, -0.2) is 4.98 Å². The van der Waals surface area contributed by atoms with Gasteiger partial charge in [0, 0.05) is 19.3 Å². The summed E-state index contributed by atoms with van der Waals surface area (Å²) in [6.45, 7) is 0.196. The Kier molecular flexibility index (Phi) is 3.96. The Bertz CT molecular complexity index is 784. The molecule has 2 saturated heterocycles. The number of likely N-dealkylation sites (tertiary alicyclic amines) is 1. The SMILES string of the molecule is O=C1[C@@H]2[C@@H](C(=O)N1CCNc1ncc(C(F)(F)F)cc1Cl)[C@H]1C=C[C@H]2O1. The molecule has 0 radical (unpaired) electrons. The Morgan fingerprint density at radius 2 is 1.81 bits per heavy atom. The van der Waals surface area contributed by atoms with Gasteiger partial charge < -0.3 is 10.1 Å². The maximum Gasteiger partial charge on any atom is 0.417 e. The average molecular weight is 388 g/mol. The molecule has 3 aliphatic heterocycles. The summed E-state index contributed by atoms with van der Waals surface area (Å²) < 4.78 is 43.4. The van der Waals surface area contributed by atoms with Crippen LogP contribution in [-0.4, -0.2) is 47.0 Å². The highest BCUT2D eigenvalue weighted by Crippen LogP contribution is 2.44. The fourth-order valence-corrected chi connectivity index (χ4v) is 3.83. The summed E-state index contributed by atoms with van der Waals surface area (Å²) in [5.41, 5.74) is -0.950. The number of ether oxygens (including phenoxy) is 1. The van der Waals surface area contributed by atoms with Crippen molar-refractivity contribution in [1.82, 2.24) is 9.88 Å². The summed E-state index contributed by atoms with van der Waals surface area (Å²) >= 11 is 5.82. The highest BCUT2D eigenvalue weighted by atomic mass is 35.5. The molecule has 0 saturated carbocycles. The molecule has 4 atom stereocenters. The van der Waals surface area contributed by atoms with Gasteiger partial charge in [0.2, 0.25) is 11.8 Å². The van der Waals surface area contributed by atoms with Gasteiger partial charge in [-0.05, 0) is 6.07 Å². The van der Waals surface area contributed by atoms with E-state index in [1.807, 2.05) is 0 Å². The fraction of sp³-hybridized carbons (Fsp3) is 0.438. The third-order valence-corrected chi connectivity index (χ3v) is 5.09. The monoisotopic (exact) mass is 387 g/mol. The number of anilines is 1. The van der Waals surface area contributed by atoms with E-state index in [0.29, 0.717) is 6.20 Å². The molecule has 10 heteroatoms. The van der Waals surface area contributed by atoms with Gasteiger partial charge >= 0.3 is 6.18 Å². The molecular formula is C16H13ClF3N3O3. The van der Waals surface area contributed by atoms with E-state index in [2.05, 4.69) is 10.3 Å². The van der Waals surface area contributed by atoms with Gasteiger partial charge in [-0.3, -0.25) is 14.5 Å². The quantitative estimate of drug-likeness (QED) is 0.633. The van der Waals surface area contributed by atoms with E-state index in [0.717, 1.165) is 11.0 Å². The van der Waals surface area contributed by atoms with Crippen molar-refractivity contribution < 1.29 is 27.5 Å². The molecule has 1 aromatic rings. The number of amides is 2. The molecule has 0 aliphatic carbocycles. The van der Waals surface area contributed by atoms with E-state index >= 15 is 0 Å². The largest absolute Gasteiger partial charge is 0.417 e. The Morgan fingerprint density at radius 3 is 2.35 bits per heavy atom. The number of carbonyl (C=O) groups is 2. The highest BCUT2D eigenvalue weighted by molar-refractivity contribution is 6.33. The van der Waals surface area contributed by atoms with Gasteiger partial charge in [0.05, 0.1) is 34.6 Å². The summed E-state index contributed by atoms with van der Waals surface area (Å²) in [6.07, 6.45) is -0.978. The molecular weight excluding hydrogens is 375 g/mol. The third-order valence-electron chi connectivity index (χ3n) is 4.80. The first kappa shape index (κ1) is 17.3. The second-order valence-electron chi connectivity index (χ2n) is 6.31. The first-order valence-electron chi connectivity index (χ1n) is 7.93. The van der Waals surface area contributed by atoms with Crippen LogP contribution in [0.3, 0.4) is 0 Å². The molecule has 2 amide bonds. The number of rotatable bonds is 4. The molecule has 0 unspecified atom stereocenters. The number of aromatic nitrogens is 1. The zero-order valence-electron chi connectivity index (χ0n) is 13.2. The Hall–Kier alpha value is -2.13. The molecule has 4 heterocycles. The van der Waals surface area contributed by atoms with Gasteiger partial charge in [-0.2, -0.15) is 13.2 Å². The van der Waals surface area contributed by atoms with E-state index in [-0.39, 0.29) is 48.0 Å². The summed E-state index contributed by atoms with van der Waals surface area (Å²) in [7, 11) is 0. The highest BCUT2D eigenvalue weighted by Gasteiger charge is 2.60. The van der Waals surface area contributed by atoms with Crippen molar-refractivity contribution in [2.75, 3.05) is 18.4 Å². The van der Waals surface area contributed by atoms with Crippen molar-refractivity contribution in [1.29, 1.82) is 0 Å². The van der Waals surface area contributed by atoms with E-state index in [9.17, 15) is 22.8 Å². The normalized spacial score (nSPS) is 29.6. The fourth-order valence-electron chi connectivity index (χ4n) is 3.59. The molecule has 2 bridgehead atoms. The van der Waals surface area contributed by atoms with Crippen LogP contribution >= 0.6 is 11.6 Å². The lowest BCUT2D eigenvalue weighted by Gasteiger charge is -2.18. The van der Waals surface area contributed by atoms with Gasteiger partial charge in [0.25, 0.3) is 0 Å². The van der Waals surface area contributed by atoms with E-state index in [1.165, 1.54) is 0 Å². The number of carbonyl (C=O) groups excluding carboxylic acids is 2. The van der Waals surface area contributed by atoms with Crippen LogP contribution in [0.5, 0.6) is 0 Å². The lowest BCUT2D eigenvalue weighted by molar-refractivity contribution is -0.142. The minimum Gasteiger partial charge on any atom is -0.367 e. The zero-order valence-corrected chi connectivity index (χ0v) is 13.9. The number of hydrogen-bond acceptors (Lipinski definition) is 5. The minimum absolute atomic E-state index is 0.0593. The first-order chi connectivity index (χ1) is 12.3. The summed E-state index contributed by atoms with van der Waals surface area (Å²) in [5.74, 6) is -1.48.